The number of hydrogen-bond donors (Lipinski definition) is 1. The van der Waals surface area contributed by atoms with E-state index >= 15 is 0 Å². The fraction of sp³-hybridized carbons (Fsp3) is 0.750. The van der Waals surface area contributed by atoms with Crippen LogP contribution in [0.15, 0.2) is 4.79 Å². The Morgan fingerprint density at radius 1 is 1.24 bits per heavy atom. The van der Waals surface area contributed by atoms with Crippen LogP contribution < -0.4 is 5.56 Å². The van der Waals surface area contributed by atoms with Gasteiger partial charge in [0, 0.05) is 24.6 Å². The summed E-state index contributed by atoms with van der Waals surface area (Å²) in [7, 11) is -3.41. The molecule has 4 rings (SSSR count). The third-order valence-electron chi connectivity index (χ3n) is 6.54. The molecule has 0 bridgehead atoms. The van der Waals surface area contributed by atoms with E-state index in [1.165, 1.54) is 4.31 Å². The van der Waals surface area contributed by atoms with E-state index in [1.807, 2.05) is 4.90 Å². The normalized spacial score (nSPS) is 27.7. The average molecular weight is 423 g/mol. The van der Waals surface area contributed by atoms with E-state index in [0.29, 0.717) is 42.5 Å². The molecule has 2 aliphatic heterocycles. The van der Waals surface area contributed by atoms with E-state index in [9.17, 15) is 18.0 Å². The second kappa shape index (κ2) is 7.50. The number of hydrogen-bond acceptors (Lipinski definition) is 5. The van der Waals surface area contributed by atoms with E-state index < -0.39 is 15.3 Å². The summed E-state index contributed by atoms with van der Waals surface area (Å²) in [5.74, 6) is 1.17. The summed E-state index contributed by atoms with van der Waals surface area (Å²) in [6.07, 6.45) is 3.99. The molecule has 0 radical (unpaired) electrons. The van der Waals surface area contributed by atoms with Crippen molar-refractivity contribution in [3.63, 3.8) is 0 Å². The zero-order valence-electron chi connectivity index (χ0n) is 17.3. The van der Waals surface area contributed by atoms with Crippen molar-refractivity contribution in [1.29, 1.82) is 0 Å². The second-order valence-electron chi connectivity index (χ2n) is 8.92. The lowest BCUT2D eigenvalue weighted by Crippen LogP contribution is -2.44. The molecular weight excluding hydrogens is 392 g/mol. The average Bonchev–Trinajstić information content (AvgIpc) is 3.43. The molecule has 8 nitrogen and oxygen atoms in total. The molecule has 3 atom stereocenters. The van der Waals surface area contributed by atoms with Crippen LogP contribution in [0, 0.1) is 11.8 Å². The van der Waals surface area contributed by atoms with Crippen LogP contribution >= 0.6 is 0 Å². The van der Waals surface area contributed by atoms with Crippen LogP contribution in [-0.4, -0.2) is 51.8 Å². The minimum Gasteiger partial charge on any atom is -0.332 e. The second-order valence-corrected chi connectivity index (χ2v) is 11.4. The molecule has 1 aromatic heterocycles. The van der Waals surface area contributed by atoms with Crippen molar-refractivity contribution < 1.29 is 13.2 Å². The highest BCUT2D eigenvalue weighted by Gasteiger charge is 2.44. The van der Waals surface area contributed by atoms with Gasteiger partial charge in [-0.15, -0.1) is 0 Å². The molecule has 0 spiro atoms. The summed E-state index contributed by atoms with van der Waals surface area (Å²) in [6, 6.07) is -0.237. The van der Waals surface area contributed by atoms with Crippen LogP contribution in [0.3, 0.4) is 0 Å². The Balaban J connectivity index is 1.65. The Kier molecular flexibility index (Phi) is 5.31. The number of piperidine rings is 1. The van der Waals surface area contributed by atoms with Crippen molar-refractivity contribution in [3.8, 4) is 0 Å². The smallest absolute Gasteiger partial charge is 0.254 e. The SMILES string of the molecule is CC(C)S(=O)(=O)N1CCc2c(nc([C@H]3CCCCN3C(=O)[C@H]3C[C@@H]3C)[nH]c2=O)C1. The fourth-order valence-corrected chi connectivity index (χ4v) is 5.71. The van der Waals surface area contributed by atoms with Crippen LogP contribution in [0.25, 0.3) is 0 Å². The summed E-state index contributed by atoms with van der Waals surface area (Å²) in [5, 5.41) is -0.516. The molecule has 3 aliphatic rings. The Hall–Kier alpha value is -1.74. The van der Waals surface area contributed by atoms with Gasteiger partial charge in [0.2, 0.25) is 15.9 Å². The molecule has 1 saturated heterocycles. The Bertz CT molecular complexity index is 971. The van der Waals surface area contributed by atoms with Crippen molar-refractivity contribution in [3.05, 3.63) is 27.4 Å². The van der Waals surface area contributed by atoms with Gasteiger partial charge in [-0.3, -0.25) is 9.59 Å². The number of fused-ring (bicyclic) bond motifs is 1. The Morgan fingerprint density at radius 3 is 2.62 bits per heavy atom. The highest BCUT2D eigenvalue weighted by Crippen LogP contribution is 2.42. The van der Waals surface area contributed by atoms with Crippen LogP contribution in [-0.2, 0) is 27.8 Å². The largest absolute Gasteiger partial charge is 0.332 e. The summed E-state index contributed by atoms with van der Waals surface area (Å²) >= 11 is 0. The van der Waals surface area contributed by atoms with Gasteiger partial charge in [-0.2, -0.15) is 4.31 Å². The summed E-state index contributed by atoms with van der Waals surface area (Å²) in [4.78, 5) is 35.1. The quantitative estimate of drug-likeness (QED) is 0.793. The third kappa shape index (κ3) is 3.74. The molecule has 1 N–H and O–H groups in total. The highest BCUT2D eigenvalue weighted by molar-refractivity contribution is 7.89. The molecule has 3 heterocycles. The zero-order valence-corrected chi connectivity index (χ0v) is 18.2. The topological polar surface area (TPSA) is 103 Å². The lowest BCUT2D eigenvalue weighted by molar-refractivity contribution is -0.137. The predicted molar refractivity (Wildman–Crippen MR) is 109 cm³/mol. The van der Waals surface area contributed by atoms with Crippen molar-refractivity contribution in [1.82, 2.24) is 19.2 Å². The molecule has 0 unspecified atom stereocenters. The number of carbonyl (C=O) groups excluding carboxylic acids is 1. The zero-order chi connectivity index (χ0) is 20.9. The number of carbonyl (C=O) groups is 1. The molecule has 9 heteroatoms. The fourth-order valence-electron chi connectivity index (χ4n) is 4.47. The van der Waals surface area contributed by atoms with Gasteiger partial charge < -0.3 is 9.88 Å². The first-order valence-electron chi connectivity index (χ1n) is 10.6. The van der Waals surface area contributed by atoms with E-state index in [2.05, 4.69) is 11.9 Å². The number of aromatic nitrogens is 2. The predicted octanol–water partition coefficient (Wildman–Crippen LogP) is 1.58. The maximum Gasteiger partial charge on any atom is 0.254 e. The monoisotopic (exact) mass is 422 g/mol. The minimum absolute atomic E-state index is 0.0895. The van der Waals surface area contributed by atoms with E-state index in [1.54, 1.807) is 13.8 Å². The molecule has 1 amide bonds. The number of aromatic amines is 1. The molecule has 2 fully saturated rings. The number of amides is 1. The Labute approximate surface area is 171 Å². The molecule has 1 saturated carbocycles. The van der Waals surface area contributed by atoms with Crippen molar-refractivity contribution in [2.24, 2.45) is 11.8 Å². The first-order chi connectivity index (χ1) is 13.7. The molecule has 1 aliphatic carbocycles. The molecular formula is C20H30N4O4S. The number of rotatable bonds is 4. The summed E-state index contributed by atoms with van der Waals surface area (Å²) in [6.45, 7) is 6.50. The number of H-pyrrole nitrogens is 1. The lowest BCUT2D eigenvalue weighted by atomic mass is 9.99. The number of nitrogens with one attached hydrogen (secondary N) is 1. The van der Waals surface area contributed by atoms with Crippen molar-refractivity contribution >= 4 is 15.9 Å². The van der Waals surface area contributed by atoms with Gasteiger partial charge in [0.1, 0.15) is 5.82 Å². The number of likely N-dealkylation sites (tertiary alicyclic amines) is 1. The molecule has 160 valence electrons. The van der Waals surface area contributed by atoms with Gasteiger partial charge in [-0.1, -0.05) is 6.92 Å². The summed E-state index contributed by atoms with van der Waals surface area (Å²) < 4.78 is 26.6. The number of sulfonamides is 1. The molecule has 1 aromatic rings. The maximum absolute atomic E-state index is 12.9. The first-order valence-corrected chi connectivity index (χ1v) is 12.1. The van der Waals surface area contributed by atoms with Gasteiger partial charge in [0.25, 0.3) is 5.56 Å². The van der Waals surface area contributed by atoms with E-state index in [0.717, 1.165) is 25.7 Å². The van der Waals surface area contributed by atoms with Crippen LogP contribution in [0.5, 0.6) is 0 Å². The maximum atomic E-state index is 12.9. The van der Waals surface area contributed by atoms with Crippen LogP contribution in [0.4, 0.5) is 0 Å². The molecule has 29 heavy (non-hydrogen) atoms. The number of nitrogens with zero attached hydrogens (tertiary/aromatic N) is 3. The van der Waals surface area contributed by atoms with Gasteiger partial charge in [-0.05, 0) is 51.9 Å². The van der Waals surface area contributed by atoms with Gasteiger partial charge in [-0.25, -0.2) is 13.4 Å². The lowest BCUT2D eigenvalue weighted by Gasteiger charge is -2.36. The van der Waals surface area contributed by atoms with E-state index in [4.69, 9.17) is 4.98 Å². The third-order valence-corrected chi connectivity index (χ3v) is 8.76. The summed E-state index contributed by atoms with van der Waals surface area (Å²) in [5.41, 5.74) is 0.884. The highest BCUT2D eigenvalue weighted by atomic mass is 32.2. The van der Waals surface area contributed by atoms with Gasteiger partial charge in [0.15, 0.2) is 0 Å². The van der Waals surface area contributed by atoms with Gasteiger partial charge in [0.05, 0.1) is 23.5 Å². The van der Waals surface area contributed by atoms with Crippen LogP contribution in [0.2, 0.25) is 0 Å². The van der Waals surface area contributed by atoms with Crippen molar-refractivity contribution in [2.75, 3.05) is 13.1 Å². The van der Waals surface area contributed by atoms with Gasteiger partial charge >= 0.3 is 0 Å². The van der Waals surface area contributed by atoms with E-state index in [-0.39, 0.29) is 30.0 Å². The first kappa shape index (κ1) is 20.5. The minimum atomic E-state index is -3.41. The molecule has 0 aromatic carbocycles. The standard InChI is InChI=1S/C20H30N4O4S/c1-12(2)29(27,28)23-9-7-14-16(11-23)21-18(22-19(14)25)17-6-4-5-8-24(17)20(26)15-10-13(15)3/h12-13,15,17H,4-11H2,1-3H3,(H,21,22,25)/t13-,15-,17+/m0/s1. The van der Waals surface area contributed by atoms with Crippen molar-refractivity contribution in [2.45, 2.75) is 70.7 Å². The van der Waals surface area contributed by atoms with Crippen LogP contribution in [0.1, 0.15) is 69.6 Å². The Morgan fingerprint density at radius 2 is 1.97 bits per heavy atom.